The van der Waals surface area contributed by atoms with Crippen molar-refractivity contribution in [3.05, 3.63) is 99.5 Å². The smallest absolute Gasteiger partial charge is 0.337 e. The average molecular weight is 488 g/mol. The molecule has 0 fully saturated rings. The zero-order valence-electron chi connectivity index (χ0n) is 18.0. The van der Waals surface area contributed by atoms with E-state index in [-0.39, 0.29) is 24.7 Å². The molecule has 4 rings (SSSR count). The Hall–Kier alpha value is -3.39. The van der Waals surface area contributed by atoms with Crippen molar-refractivity contribution in [3.8, 4) is 5.75 Å². The Bertz CT molecular complexity index is 1250. The number of aromatic hydroxyl groups is 1. The summed E-state index contributed by atoms with van der Waals surface area (Å²) in [6.45, 7) is 0.229. The molecule has 0 saturated heterocycles. The molecule has 0 aromatic heterocycles. The third-order valence-electron chi connectivity index (χ3n) is 4.61. The number of aliphatic imine (C=N–C) groups is 1. The predicted molar refractivity (Wildman–Crippen MR) is 130 cm³/mol. The summed E-state index contributed by atoms with van der Waals surface area (Å²) in [5.41, 5.74) is 2.01. The van der Waals surface area contributed by atoms with E-state index >= 15 is 0 Å². The van der Waals surface area contributed by atoms with E-state index in [0.717, 1.165) is 16.1 Å². The lowest BCUT2D eigenvalue weighted by Gasteiger charge is -2.19. The molecule has 1 aliphatic rings. The lowest BCUT2D eigenvalue weighted by molar-refractivity contribution is -0.0119. The molecule has 7 nitrogen and oxygen atoms in total. The van der Waals surface area contributed by atoms with Crippen LogP contribution in [0.15, 0.2) is 82.8 Å². The molecule has 0 radical (unpaired) electrons. The number of carbonyl (C=O) groups excluding carboxylic acids is 1. The number of rotatable bonds is 2. The van der Waals surface area contributed by atoms with E-state index in [9.17, 15) is 10.0 Å². The van der Waals surface area contributed by atoms with Crippen LogP contribution in [-0.2, 0) is 4.74 Å². The number of nitrogens with zero attached hydrogens (tertiary/aromatic N) is 3. The lowest BCUT2D eigenvalue weighted by atomic mass is 10.1. The summed E-state index contributed by atoms with van der Waals surface area (Å²) < 4.78 is 4.46. The molecule has 0 amide bonds. The number of amidine groups is 1. The molecule has 9 heteroatoms. The molecule has 2 N–H and O–H groups in total. The number of phenols is 1. The maximum atomic E-state index is 10.8. The first kappa shape index (κ1) is 25.9. The zero-order chi connectivity index (χ0) is 23.1. The van der Waals surface area contributed by atoms with Gasteiger partial charge >= 0.3 is 5.97 Å². The van der Waals surface area contributed by atoms with Crippen LogP contribution in [0.3, 0.4) is 0 Å². The number of hydrogen-bond acceptors (Lipinski definition) is 6. The SMILES string of the molecule is CN=C1CN(O)C(c2ccccc2)=c2cc(Cl)ccc2=N1.COC(=O)c1ccc(O)cc1.Cl. The van der Waals surface area contributed by atoms with Crippen molar-refractivity contribution in [3.63, 3.8) is 0 Å². The maximum absolute atomic E-state index is 10.8. The Morgan fingerprint density at radius 3 is 2.36 bits per heavy atom. The molecule has 1 aliphatic heterocycles. The molecule has 3 aromatic rings. The minimum atomic E-state index is -0.398. The van der Waals surface area contributed by atoms with E-state index in [1.54, 1.807) is 13.1 Å². The Labute approximate surface area is 202 Å². The molecule has 0 spiro atoms. The first-order chi connectivity index (χ1) is 15.4. The van der Waals surface area contributed by atoms with E-state index in [4.69, 9.17) is 16.7 Å². The fourth-order valence-electron chi connectivity index (χ4n) is 3.06. The molecule has 33 heavy (non-hydrogen) atoms. The largest absolute Gasteiger partial charge is 0.508 e. The highest BCUT2D eigenvalue weighted by Gasteiger charge is 2.17. The van der Waals surface area contributed by atoms with E-state index in [1.165, 1.54) is 36.4 Å². The van der Waals surface area contributed by atoms with Crippen molar-refractivity contribution in [2.24, 2.45) is 9.98 Å². The van der Waals surface area contributed by atoms with Gasteiger partial charge in [-0.05, 0) is 42.5 Å². The van der Waals surface area contributed by atoms with Gasteiger partial charge in [0.05, 0.1) is 23.7 Å². The Morgan fingerprint density at radius 1 is 1.09 bits per heavy atom. The van der Waals surface area contributed by atoms with Crippen molar-refractivity contribution >= 4 is 41.5 Å². The van der Waals surface area contributed by atoms with Gasteiger partial charge < -0.3 is 9.84 Å². The second-order valence-electron chi connectivity index (χ2n) is 6.72. The highest BCUT2D eigenvalue weighted by molar-refractivity contribution is 6.30. The lowest BCUT2D eigenvalue weighted by Crippen LogP contribution is -2.31. The van der Waals surface area contributed by atoms with Crippen LogP contribution in [0.25, 0.3) is 5.70 Å². The average Bonchev–Trinajstić information content (AvgIpc) is 2.95. The van der Waals surface area contributed by atoms with Crippen LogP contribution in [0.5, 0.6) is 5.75 Å². The van der Waals surface area contributed by atoms with Crippen LogP contribution in [-0.4, -0.2) is 47.9 Å². The van der Waals surface area contributed by atoms with Crippen molar-refractivity contribution < 1.29 is 19.8 Å². The Balaban J connectivity index is 0.000000274. The van der Waals surface area contributed by atoms with Gasteiger partial charge in [-0.15, -0.1) is 12.4 Å². The van der Waals surface area contributed by atoms with Crippen LogP contribution < -0.4 is 10.6 Å². The van der Waals surface area contributed by atoms with E-state index < -0.39 is 5.97 Å². The van der Waals surface area contributed by atoms with Gasteiger partial charge in [0.1, 0.15) is 18.1 Å². The summed E-state index contributed by atoms with van der Waals surface area (Å²) in [6, 6.07) is 21.0. The minimum Gasteiger partial charge on any atom is -0.508 e. The topological polar surface area (TPSA) is 94.7 Å². The molecular weight excluding hydrogens is 465 g/mol. The van der Waals surface area contributed by atoms with Crippen LogP contribution in [0.2, 0.25) is 5.02 Å². The van der Waals surface area contributed by atoms with E-state index in [0.29, 0.717) is 22.1 Å². The fraction of sp³-hybridized carbons (Fsp3) is 0.125. The number of carbonyl (C=O) groups is 1. The van der Waals surface area contributed by atoms with Gasteiger partial charge in [0.15, 0.2) is 0 Å². The number of ether oxygens (including phenoxy) is 1. The predicted octanol–water partition coefficient (Wildman–Crippen LogP) is 3.45. The summed E-state index contributed by atoms with van der Waals surface area (Å²) in [5.74, 6) is 0.301. The molecule has 1 heterocycles. The Morgan fingerprint density at radius 2 is 1.76 bits per heavy atom. The number of phenolic OH excluding ortho intramolecular Hbond substituents is 1. The first-order valence-electron chi connectivity index (χ1n) is 9.66. The number of benzene rings is 3. The number of esters is 1. The normalized spacial score (nSPS) is 13.5. The van der Waals surface area contributed by atoms with Crippen LogP contribution in [0.1, 0.15) is 15.9 Å². The number of halogens is 2. The third kappa shape index (κ3) is 6.55. The summed E-state index contributed by atoms with van der Waals surface area (Å²) >= 11 is 6.12. The molecule has 0 aliphatic carbocycles. The number of methoxy groups -OCH3 is 1. The third-order valence-corrected chi connectivity index (χ3v) is 4.84. The molecule has 172 valence electrons. The number of hydrogen-bond donors (Lipinski definition) is 2. The summed E-state index contributed by atoms with van der Waals surface area (Å²) in [5, 5.41) is 22.6. The van der Waals surface area contributed by atoms with Gasteiger partial charge in [-0.2, -0.15) is 0 Å². The molecule has 0 bridgehead atoms. The van der Waals surface area contributed by atoms with Gasteiger partial charge in [0, 0.05) is 22.9 Å². The van der Waals surface area contributed by atoms with Gasteiger partial charge in [0.2, 0.25) is 0 Å². The molecule has 3 aromatic carbocycles. The number of hydroxylamine groups is 2. The van der Waals surface area contributed by atoms with Gasteiger partial charge in [-0.1, -0.05) is 41.9 Å². The fourth-order valence-corrected chi connectivity index (χ4v) is 3.23. The molecule has 0 unspecified atom stereocenters. The van der Waals surface area contributed by atoms with Gasteiger partial charge in [0.25, 0.3) is 0 Å². The number of fused-ring (bicyclic) bond motifs is 1. The minimum absolute atomic E-state index is 0. The van der Waals surface area contributed by atoms with Gasteiger partial charge in [-0.25, -0.2) is 14.9 Å². The zero-order valence-corrected chi connectivity index (χ0v) is 19.5. The van der Waals surface area contributed by atoms with Crippen molar-refractivity contribution in [2.45, 2.75) is 0 Å². The highest BCUT2D eigenvalue weighted by atomic mass is 35.5. The summed E-state index contributed by atoms with van der Waals surface area (Å²) in [6.07, 6.45) is 0. The maximum Gasteiger partial charge on any atom is 0.337 e. The van der Waals surface area contributed by atoms with Crippen molar-refractivity contribution in [1.29, 1.82) is 0 Å². The van der Waals surface area contributed by atoms with Crippen LogP contribution in [0, 0.1) is 0 Å². The van der Waals surface area contributed by atoms with E-state index in [2.05, 4.69) is 14.7 Å². The summed E-state index contributed by atoms with van der Waals surface area (Å²) in [7, 11) is 2.98. The van der Waals surface area contributed by atoms with Crippen LogP contribution >= 0.6 is 24.0 Å². The first-order valence-corrected chi connectivity index (χ1v) is 10.0. The molecule has 0 atom stereocenters. The van der Waals surface area contributed by atoms with Crippen molar-refractivity contribution in [2.75, 3.05) is 20.7 Å². The summed E-state index contributed by atoms with van der Waals surface area (Å²) in [4.78, 5) is 19.4. The Kier molecular flexibility index (Phi) is 9.42. The van der Waals surface area contributed by atoms with Gasteiger partial charge in [-0.3, -0.25) is 10.2 Å². The standard InChI is InChI=1S/C16H14ClN3O.C8H8O3.ClH/c1-18-15-10-20(21)16(11-5-3-2-4-6-11)13-9-12(17)7-8-14(13)19-15;1-11-8(10)6-2-4-7(9)5-3-6;/h2-9,21H,10H2,1H3;2-5,9H,1H3;1H. The second kappa shape index (κ2) is 12.0. The molecular formula is C24H23Cl2N3O4. The monoisotopic (exact) mass is 487 g/mol. The quantitative estimate of drug-likeness (QED) is 0.539. The van der Waals surface area contributed by atoms with Crippen LogP contribution in [0.4, 0.5) is 0 Å². The highest BCUT2D eigenvalue weighted by Crippen LogP contribution is 2.16. The second-order valence-corrected chi connectivity index (χ2v) is 7.16. The van der Waals surface area contributed by atoms with Crippen molar-refractivity contribution in [1.82, 2.24) is 5.06 Å². The molecule has 0 saturated carbocycles. The van der Waals surface area contributed by atoms with E-state index in [1.807, 2.05) is 42.5 Å².